The van der Waals surface area contributed by atoms with Gasteiger partial charge >= 0.3 is 6.18 Å². The topological polar surface area (TPSA) is 85.9 Å². The van der Waals surface area contributed by atoms with Crippen molar-refractivity contribution in [3.8, 4) is 11.8 Å². The van der Waals surface area contributed by atoms with Crippen molar-refractivity contribution in [2.24, 2.45) is 5.10 Å². The maximum Gasteiger partial charge on any atom is 0.438 e. The Labute approximate surface area is 162 Å². The van der Waals surface area contributed by atoms with E-state index in [-0.39, 0.29) is 27.6 Å². The normalized spacial score (nSPS) is 18.9. The fraction of sp³-hybridized carbons (Fsp3) is 0.211. The first kappa shape index (κ1) is 20.3. The molecule has 1 amide bonds. The van der Waals surface area contributed by atoms with Gasteiger partial charge in [0.2, 0.25) is 0 Å². The van der Waals surface area contributed by atoms with Gasteiger partial charge in [-0.3, -0.25) is 4.79 Å². The molecule has 1 atom stereocenters. The van der Waals surface area contributed by atoms with E-state index in [1.807, 2.05) is 6.07 Å². The van der Waals surface area contributed by atoms with E-state index in [2.05, 4.69) is 5.10 Å². The van der Waals surface area contributed by atoms with Crippen LogP contribution in [0.15, 0.2) is 53.6 Å². The van der Waals surface area contributed by atoms with Gasteiger partial charge < -0.3 is 9.84 Å². The van der Waals surface area contributed by atoms with Gasteiger partial charge in [0.1, 0.15) is 17.6 Å². The molecule has 29 heavy (non-hydrogen) atoms. The third-order valence-corrected chi connectivity index (χ3v) is 4.21. The van der Waals surface area contributed by atoms with Gasteiger partial charge in [0.05, 0.1) is 17.7 Å². The van der Waals surface area contributed by atoms with Gasteiger partial charge in [0.25, 0.3) is 11.6 Å². The van der Waals surface area contributed by atoms with Gasteiger partial charge in [-0.15, -0.1) is 0 Å². The molecule has 1 aliphatic rings. The number of benzene rings is 2. The van der Waals surface area contributed by atoms with Crippen molar-refractivity contribution >= 4 is 11.6 Å². The lowest BCUT2D eigenvalue weighted by atomic mass is 10.0. The molecule has 0 unspecified atom stereocenters. The molecule has 1 heterocycles. The first-order chi connectivity index (χ1) is 13.7. The summed E-state index contributed by atoms with van der Waals surface area (Å²) in [6, 6.07) is 12.1. The molecule has 0 spiro atoms. The molecular formula is C19H13F4N3O3. The molecule has 0 bridgehead atoms. The second kappa shape index (κ2) is 7.52. The summed E-state index contributed by atoms with van der Waals surface area (Å²) in [7, 11) is 0. The Bertz CT molecular complexity index is 999. The number of hydrazone groups is 1. The summed E-state index contributed by atoms with van der Waals surface area (Å²) in [6.07, 6.45) is -6.23. The van der Waals surface area contributed by atoms with Crippen LogP contribution >= 0.6 is 0 Å². The molecule has 3 rings (SSSR count). The van der Waals surface area contributed by atoms with E-state index in [9.17, 15) is 27.5 Å². The van der Waals surface area contributed by atoms with Crippen LogP contribution in [0.5, 0.6) is 5.75 Å². The van der Waals surface area contributed by atoms with Crippen LogP contribution < -0.4 is 4.74 Å². The molecule has 2 aromatic carbocycles. The van der Waals surface area contributed by atoms with E-state index in [0.29, 0.717) is 0 Å². The number of alkyl halides is 3. The molecule has 0 aliphatic carbocycles. The van der Waals surface area contributed by atoms with Crippen molar-refractivity contribution in [3.05, 3.63) is 65.5 Å². The number of hydrogen-bond acceptors (Lipinski definition) is 5. The number of para-hydroxylation sites is 1. The highest BCUT2D eigenvalue weighted by Gasteiger charge is 2.63. The van der Waals surface area contributed by atoms with Crippen LogP contribution in [0, 0.1) is 17.1 Å². The van der Waals surface area contributed by atoms with Crippen molar-refractivity contribution < 1.29 is 32.2 Å². The first-order valence-electron chi connectivity index (χ1n) is 8.23. The number of amides is 1. The van der Waals surface area contributed by atoms with Crippen LogP contribution in [0.25, 0.3) is 0 Å². The second-order valence-corrected chi connectivity index (χ2v) is 6.15. The monoisotopic (exact) mass is 407 g/mol. The third kappa shape index (κ3) is 3.90. The maximum atomic E-state index is 13.5. The summed E-state index contributed by atoms with van der Waals surface area (Å²) >= 11 is 0. The van der Waals surface area contributed by atoms with Crippen LogP contribution in [0.4, 0.5) is 17.6 Å². The SMILES string of the molecule is N#Cc1ccccc1OCC(=O)N1N=C(c2ccc(F)cc2)C[C@]1(O)C(F)(F)F. The number of nitrogens with zero attached hydrogens (tertiary/aromatic N) is 3. The number of aliphatic hydroxyl groups is 1. The molecule has 1 N–H and O–H groups in total. The number of nitriles is 1. The Morgan fingerprint density at radius 1 is 1.24 bits per heavy atom. The lowest BCUT2D eigenvalue weighted by Crippen LogP contribution is -2.57. The summed E-state index contributed by atoms with van der Waals surface area (Å²) in [5.41, 5.74) is -3.61. The van der Waals surface area contributed by atoms with Crippen LogP contribution in [-0.2, 0) is 4.79 Å². The van der Waals surface area contributed by atoms with Crippen molar-refractivity contribution in [2.75, 3.05) is 6.61 Å². The lowest BCUT2D eigenvalue weighted by molar-refractivity contribution is -0.302. The smallest absolute Gasteiger partial charge is 0.438 e. The molecular weight excluding hydrogens is 394 g/mol. The van der Waals surface area contributed by atoms with Crippen LogP contribution in [-0.4, -0.2) is 40.2 Å². The summed E-state index contributed by atoms with van der Waals surface area (Å²) in [5.74, 6) is -1.87. The van der Waals surface area contributed by atoms with Gasteiger partial charge in [-0.1, -0.05) is 24.3 Å². The second-order valence-electron chi connectivity index (χ2n) is 6.15. The van der Waals surface area contributed by atoms with Gasteiger partial charge in [0, 0.05) is 0 Å². The largest absolute Gasteiger partial charge is 0.482 e. The Hall–Kier alpha value is -3.45. The van der Waals surface area contributed by atoms with Crippen molar-refractivity contribution in [1.29, 1.82) is 5.26 Å². The number of carbonyl (C=O) groups excluding carboxylic acids is 1. The van der Waals surface area contributed by atoms with Gasteiger partial charge in [0.15, 0.2) is 6.61 Å². The van der Waals surface area contributed by atoms with Crippen molar-refractivity contribution in [1.82, 2.24) is 5.01 Å². The minimum atomic E-state index is -5.21. The van der Waals surface area contributed by atoms with Crippen molar-refractivity contribution in [3.63, 3.8) is 0 Å². The first-order valence-corrected chi connectivity index (χ1v) is 8.23. The van der Waals surface area contributed by atoms with Crippen LogP contribution in [0.3, 0.4) is 0 Å². The van der Waals surface area contributed by atoms with Gasteiger partial charge in [-0.05, 0) is 29.8 Å². The van der Waals surface area contributed by atoms with Crippen LogP contribution in [0.2, 0.25) is 0 Å². The highest BCUT2D eigenvalue weighted by molar-refractivity contribution is 6.03. The summed E-state index contributed by atoms with van der Waals surface area (Å²) in [6.45, 7) is -0.892. The van der Waals surface area contributed by atoms with E-state index in [1.165, 1.54) is 30.3 Å². The zero-order chi connectivity index (χ0) is 21.2. The molecule has 0 fully saturated rings. The lowest BCUT2D eigenvalue weighted by Gasteiger charge is -2.32. The predicted octanol–water partition coefficient (Wildman–Crippen LogP) is 2.96. The molecule has 2 aromatic rings. The number of rotatable bonds is 4. The summed E-state index contributed by atoms with van der Waals surface area (Å²) < 4.78 is 58.8. The minimum Gasteiger partial charge on any atom is -0.482 e. The standard InChI is InChI=1S/C19H13F4N3O3/c20-14-7-5-12(6-8-14)15-9-18(28,19(21,22)23)26(25-15)17(27)11-29-16-4-2-1-3-13(16)10-24/h1-8,28H,9,11H2/t18-/m0/s1. The maximum absolute atomic E-state index is 13.5. The number of ether oxygens (including phenoxy) is 1. The summed E-state index contributed by atoms with van der Waals surface area (Å²) in [4.78, 5) is 12.4. The van der Waals surface area contributed by atoms with Gasteiger partial charge in [-0.2, -0.15) is 28.5 Å². The molecule has 0 saturated heterocycles. The Balaban J connectivity index is 1.87. The fourth-order valence-corrected chi connectivity index (χ4v) is 2.72. The van der Waals surface area contributed by atoms with E-state index in [1.54, 1.807) is 6.07 Å². The molecule has 0 radical (unpaired) electrons. The minimum absolute atomic E-state index is 0.000771. The average molecular weight is 407 g/mol. The summed E-state index contributed by atoms with van der Waals surface area (Å²) in [5, 5.41) is 22.8. The average Bonchev–Trinajstić information content (AvgIpc) is 3.06. The third-order valence-electron chi connectivity index (χ3n) is 4.21. The fourth-order valence-electron chi connectivity index (χ4n) is 2.72. The number of carbonyl (C=O) groups is 1. The van der Waals surface area contributed by atoms with E-state index >= 15 is 0 Å². The highest BCUT2D eigenvalue weighted by atomic mass is 19.4. The molecule has 6 nitrogen and oxygen atoms in total. The Morgan fingerprint density at radius 3 is 2.52 bits per heavy atom. The number of halogens is 4. The quantitative estimate of drug-likeness (QED) is 0.790. The van der Waals surface area contributed by atoms with Crippen molar-refractivity contribution in [2.45, 2.75) is 18.3 Å². The van der Waals surface area contributed by atoms with E-state index in [4.69, 9.17) is 10.00 Å². The predicted molar refractivity (Wildman–Crippen MR) is 92.1 cm³/mol. The highest BCUT2D eigenvalue weighted by Crippen LogP contribution is 2.41. The Morgan fingerprint density at radius 2 is 1.90 bits per heavy atom. The van der Waals surface area contributed by atoms with Gasteiger partial charge in [-0.25, -0.2) is 4.39 Å². The molecule has 10 heteroatoms. The molecule has 150 valence electrons. The zero-order valence-electron chi connectivity index (χ0n) is 14.7. The molecule has 0 aromatic heterocycles. The molecule has 0 saturated carbocycles. The number of hydrogen-bond donors (Lipinski definition) is 1. The van der Waals surface area contributed by atoms with E-state index < -0.39 is 36.7 Å². The van der Waals surface area contributed by atoms with Crippen LogP contribution in [0.1, 0.15) is 17.5 Å². The zero-order valence-corrected chi connectivity index (χ0v) is 14.7. The van der Waals surface area contributed by atoms with E-state index in [0.717, 1.165) is 12.1 Å². The molecule has 1 aliphatic heterocycles. The Kier molecular flexibility index (Phi) is 5.26.